The highest BCUT2D eigenvalue weighted by Gasteiger charge is 2.22. The summed E-state index contributed by atoms with van der Waals surface area (Å²) in [6.45, 7) is 0.282. The predicted molar refractivity (Wildman–Crippen MR) is 68.4 cm³/mol. The van der Waals surface area contributed by atoms with Crippen LogP contribution < -0.4 is 11.1 Å². The number of nitrogens with zero attached hydrogens (tertiary/aromatic N) is 2. The van der Waals surface area contributed by atoms with Crippen molar-refractivity contribution in [2.75, 3.05) is 7.05 Å². The maximum Gasteiger partial charge on any atom is 0.326 e. The number of nitrogens with one attached hydrogen (secondary N) is 2. The molecule has 0 bridgehead atoms. The van der Waals surface area contributed by atoms with Gasteiger partial charge in [0.05, 0.1) is 12.7 Å². The van der Waals surface area contributed by atoms with E-state index in [-0.39, 0.29) is 19.4 Å². The average Bonchev–Trinajstić information content (AvgIpc) is 2.86. The molecule has 1 aromatic rings. The van der Waals surface area contributed by atoms with Crippen molar-refractivity contribution >= 4 is 17.9 Å². The maximum atomic E-state index is 11.8. The van der Waals surface area contributed by atoms with Crippen LogP contribution in [0.1, 0.15) is 18.4 Å². The fraction of sp³-hybridized carbons (Fsp3) is 0.455. The van der Waals surface area contributed by atoms with Gasteiger partial charge in [-0.2, -0.15) is 5.10 Å². The molecular weight excluding hydrogens is 266 g/mol. The van der Waals surface area contributed by atoms with Crippen molar-refractivity contribution in [1.82, 2.24) is 20.4 Å². The summed E-state index contributed by atoms with van der Waals surface area (Å²) >= 11 is 0. The summed E-state index contributed by atoms with van der Waals surface area (Å²) in [5.41, 5.74) is 5.74. The minimum atomic E-state index is -1.21. The van der Waals surface area contributed by atoms with Gasteiger partial charge in [-0.25, -0.2) is 9.59 Å². The maximum absolute atomic E-state index is 11.8. The first-order chi connectivity index (χ1) is 9.40. The van der Waals surface area contributed by atoms with E-state index < -0.39 is 23.9 Å². The van der Waals surface area contributed by atoms with Crippen LogP contribution in [0.3, 0.4) is 0 Å². The Kier molecular flexibility index (Phi) is 5.51. The van der Waals surface area contributed by atoms with Crippen molar-refractivity contribution in [3.63, 3.8) is 0 Å². The molecule has 0 unspecified atom stereocenters. The van der Waals surface area contributed by atoms with Crippen LogP contribution in [-0.2, 0) is 16.1 Å². The van der Waals surface area contributed by atoms with Crippen molar-refractivity contribution in [2.24, 2.45) is 5.73 Å². The summed E-state index contributed by atoms with van der Waals surface area (Å²) in [7, 11) is 1.52. The normalized spacial score (nSPS) is 11.7. The number of H-pyrrole nitrogens is 1. The number of aromatic amines is 1. The van der Waals surface area contributed by atoms with Gasteiger partial charge >= 0.3 is 12.0 Å². The second-order valence-corrected chi connectivity index (χ2v) is 4.31. The first-order valence-corrected chi connectivity index (χ1v) is 5.90. The molecule has 0 fully saturated rings. The monoisotopic (exact) mass is 283 g/mol. The SMILES string of the molecule is CN(Cc1cn[nH]c1)C(=O)N[C@H](CCC(N)=O)C(=O)O. The van der Waals surface area contributed by atoms with Gasteiger partial charge in [0.1, 0.15) is 6.04 Å². The van der Waals surface area contributed by atoms with Crippen LogP contribution in [0.5, 0.6) is 0 Å². The molecule has 1 rings (SSSR count). The van der Waals surface area contributed by atoms with E-state index in [4.69, 9.17) is 10.8 Å². The number of primary amides is 1. The van der Waals surface area contributed by atoms with Crippen LogP contribution in [0.25, 0.3) is 0 Å². The number of hydrogen-bond donors (Lipinski definition) is 4. The number of aromatic nitrogens is 2. The number of carboxylic acids is 1. The molecule has 5 N–H and O–H groups in total. The minimum absolute atomic E-state index is 0.0457. The number of carbonyl (C=O) groups is 3. The van der Waals surface area contributed by atoms with Crippen molar-refractivity contribution in [3.8, 4) is 0 Å². The third kappa shape index (κ3) is 4.96. The number of amides is 3. The second kappa shape index (κ2) is 7.12. The molecule has 20 heavy (non-hydrogen) atoms. The number of carbonyl (C=O) groups excluding carboxylic acids is 2. The van der Waals surface area contributed by atoms with Crippen LogP contribution in [0, 0.1) is 0 Å². The lowest BCUT2D eigenvalue weighted by atomic mass is 10.1. The molecule has 0 aliphatic rings. The Morgan fingerprint density at radius 1 is 1.55 bits per heavy atom. The van der Waals surface area contributed by atoms with E-state index in [0.717, 1.165) is 5.56 Å². The molecule has 9 nitrogen and oxygen atoms in total. The molecule has 0 radical (unpaired) electrons. The van der Waals surface area contributed by atoms with Crippen LogP contribution in [0.15, 0.2) is 12.4 Å². The van der Waals surface area contributed by atoms with E-state index in [9.17, 15) is 14.4 Å². The van der Waals surface area contributed by atoms with Crippen LogP contribution in [0.4, 0.5) is 4.79 Å². The van der Waals surface area contributed by atoms with E-state index in [2.05, 4.69) is 15.5 Å². The molecule has 9 heteroatoms. The molecular formula is C11H17N5O4. The Balaban J connectivity index is 2.52. The van der Waals surface area contributed by atoms with E-state index in [1.165, 1.54) is 11.9 Å². The number of carboxylic acid groups (broad SMARTS) is 1. The fourth-order valence-electron chi connectivity index (χ4n) is 1.51. The molecule has 110 valence electrons. The lowest BCUT2D eigenvalue weighted by Gasteiger charge is -2.20. The zero-order valence-electron chi connectivity index (χ0n) is 11.0. The number of aliphatic carboxylic acids is 1. The lowest BCUT2D eigenvalue weighted by Crippen LogP contribution is -2.46. The van der Waals surface area contributed by atoms with E-state index in [1.54, 1.807) is 12.4 Å². The summed E-state index contributed by atoms with van der Waals surface area (Å²) < 4.78 is 0. The average molecular weight is 283 g/mol. The summed E-state index contributed by atoms with van der Waals surface area (Å²) in [6.07, 6.45) is 3.04. The Morgan fingerprint density at radius 3 is 2.75 bits per heavy atom. The predicted octanol–water partition coefficient (Wildman–Crippen LogP) is -0.730. The number of nitrogens with two attached hydrogens (primary N) is 1. The lowest BCUT2D eigenvalue weighted by molar-refractivity contribution is -0.139. The van der Waals surface area contributed by atoms with Gasteiger partial charge in [-0.05, 0) is 6.42 Å². The van der Waals surface area contributed by atoms with Gasteiger partial charge in [-0.15, -0.1) is 0 Å². The quantitative estimate of drug-likeness (QED) is 0.522. The molecule has 0 saturated heterocycles. The number of rotatable bonds is 7. The van der Waals surface area contributed by atoms with Crippen molar-refractivity contribution in [2.45, 2.75) is 25.4 Å². The van der Waals surface area contributed by atoms with Gasteiger partial charge < -0.3 is 21.1 Å². The highest BCUT2D eigenvalue weighted by molar-refractivity contribution is 5.83. The summed E-state index contributed by atoms with van der Waals surface area (Å²) in [5, 5.41) is 17.7. The molecule has 0 aromatic carbocycles. The van der Waals surface area contributed by atoms with E-state index in [1.807, 2.05) is 0 Å². The minimum Gasteiger partial charge on any atom is -0.480 e. The summed E-state index contributed by atoms with van der Waals surface area (Å²) in [6, 6.07) is -1.70. The molecule has 3 amide bonds. The van der Waals surface area contributed by atoms with Gasteiger partial charge in [0, 0.05) is 25.2 Å². The number of urea groups is 1. The van der Waals surface area contributed by atoms with Crippen LogP contribution >= 0.6 is 0 Å². The van der Waals surface area contributed by atoms with Gasteiger partial charge in [0.15, 0.2) is 0 Å². The van der Waals surface area contributed by atoms with Crippen molar-refractivity contribution in [1.29, 1.82) is 0 Å². The molecule has 1 heterocycles. The highest BCUT2D eigenvalue weighted by atomic mass is 16.4. The smallest absolute Gasteiger partial charge is 0.326 e. The van der Waals surface area contributed by atoms with Gasteiger partial charge in [0.25, 0.3) is 0 Å². The highest BCUT2D eigenvalue weighted by Crippen LogP contribution is 2.02. The second-order valence-electron chi connectivity index (χ2n) is 4.31. The van der Waals surface area contributed by atoms with Gasteiger partial charge in [0.2, 0.25) is 5.91 Å². The third-order valence-electron chi connectivity index (χ3n) is 2.60. The molecule has 0 spiro atoms. The Morgan fingerprint density at radius 2 is 2.25 bits per heavy atom. The molecule has 0 saturated carbocycles. The summed E-state index contributed by atoms with van der Waals surface area (Å²) in [4.78, 5) is 34.8. The van der Waals surface area contributed by atoms with Gasteiger partial charge in [-0.3, -0.25) is 9.89 Å². The van der Waals surface area contributed by atoms with Gasteiger partial charge in [-0.1, -0.05) is 0 Å². The first-order valence-electron chi connectivity index (χ1n) is 5.90. The molecule has 1 atom stereocenters. The Hall–Kier alpha value is -2.58. The van der Waals surface area contributed by atoms with Crippen molar-refractivity contribution in [3.05, 3.63) is 18.0 Å². The van der Waals surface area contributed by atoms with Crippen LogP contribution in [0.2, 0.25) is 0 Å². The fourth-order valence-corrected chi connectivity index (χ4v) is 1.51. The first kappa shape index (κ1) is 15.5. The number of hydrogen-bond acceptors (Lipinski definition) is 4. The summed E-state index contributed by atoms with van der Waals surface area (Å²) in [5.74, 6) is -1.83. The Labute approximate surface area is 115 Å². The Bertz CT molecular complexity index is 473. The molecule has 0 aliphatic carbocycles. The van der Waals surface area contributed by atoms with E-state index in [0.29, 0.717) is 0 Å². The topological polar surface area (TPSA) is 141 Å². The zero-order valence-corrected chi connectivity index (χ0v) is 11.0. The van der Waals surface area contributed by atoms with E-state index >= 15 is 0 Å². The third-order valence-corrected chi connectivity index (χ3v) is 2.60. The van der Waals surface area contributed by atoms with Crippen LogP contribution in [-0.4, -0.2) is 51.2 Å². The standard InChI is InChI=1S/C11H17N5O4/c1-16(6-7-4-13-14-5-7)11(20)15-8(10(18)19)2-3-9(12)17/h4-5,8H,2-3,6H2,1H3,(H2,12,17)(H,13,14)(H,15,20)(H,18,19)/t8-/m1/s1. The largest absolute Gasteiger partial charge is 0.480 e. The zero-order chi connectivity index (χ0) is 15.1. The van der Waals surface area contributed by atoms with Crippen molar-refractivity contribution < 1.29 is 19.5 Å². The molecule has 0 aliphatic heterocycles. The molecule has 1 aromatic heterocycles.